The highest BCUT2D eigenvalue weighted by atomic mass is 16.3. The molecule has 2 aromatic rings. The van der Waals surface area contributed by atoms with Crippen molar-refractivity contribution in [3.63, 3.8) is 0 Å². The molecule has 0 aliphatic heterocycles. The fourth-order valence-electron chi connectivity index (χ4n) is 1.70. The molecule has 0 fully saturated rings. The van der Waals surface area contributed by atoms with E-state index in [4.69, 9.17) is 5.11 Å². The summed E-state index contributed by atoms with van der Waals surface area (Å²) in [6, 6.07) is 3.49. The standard InChI is InChI=1S/C12H16N4O2/c1-2-10-14-15-11-5-4-9(8-16(10)11)12(18)13-6-3-7-17/h4-5,8,17H,2-3,6-7H2,1H3,(H,13,18). The van der Waals surface area contributed by atoms with Crippen LogP contribution in [-0.2, 0) is 6.42 Å². The monoisotopic (exact) mass is 248 g/mol. The van der Waals surface area contributed by atoms with Crippen LogP contribution in [-0.4, -0.2) is 38.8 Å². The van der Waals surface area contributed by atoms with Crippen LogP contribution in [0.25, 0.3) is 5.65 Å². The average molecular weight is 248 g/mol. The lowest BCUT2D eigenvalue weighted by molar-refractivity contribution is 0.0950. The molecule has 0 aliphatic carbocycles. The first-order valence-corrected chi connectivity index (χ1v) is 5.99. The van der Waals surface area contributed by atoms with E-state index in [1.807, 2.05) is 11.3 Å². The zero-order valence-corrected chi connectivity index (χ0v) is 10.3. The fraction of sp³-hybridized carbons (Fsp3) is 0.417. The van der Waals surface area contributed by atoms with Crippen LogP contribution >= 0.6 is 0 Å². The van der Waals surface area contributed by atoms with Gasteiger partial charge in [-0.05, 0) is 18.6 Å². The summed E-state index contributed by atoms with van der Waals surface area (Å²) >= 11 is 0. The Labute approximate surface area is 105 Å². The van der Waals surface area contributed by atoms with Crippen molar-refractivity contribution in [3.8, 4) is 0 Å². The third-order valence-electron chi connectivity index (χ3n) is 2.67. The molecule has 0 aliphatic rings. The molecule has 0 unspecified atom stereocenters. The Bertz CT molecular complexity index is 550. The minimum absolute atomic E-state index is 0.0741. The number of aliphatic hydroxyl groups excluding tert-OH is 1. The first-order valence-electron chi connectivity index (χ1n) is 5.99. The van der Waals surface area contributed by atoms with E-state index in [1.165, 1.54) is 0 Å². The molecule has 1 amide bonds. The molecule has 2 heterocycles. The van der Waals surface area contributed by atoms with Gasteiger partial charge in [0, 0.05) is 25.8 Å². The van der Waals surface area contributed by atoms with E-state index >= 15 is 0 Å². The highest BCUT2D eigenvalue weighted by Gasteiger charge is 2.08. The number of pyridine rings is 1. The molecular formula is C12H16N4O2. The molecule has 96 valence electrons. The Morgan fingerprint density at radius 1 is 1.44 bits per heavy atom. The van der Waals surface area contributed by atoms with Crippen LogP contribution in [0, 0.1) is 0 Å². The predicted molar refractivity (Wildman–Crippen MR) is 66.4 cm³/mol. The second-order valence-corrected chi connectivity index (χ2v) is 3.95. The van der Waals surface area contributed by atoms with Crippen molar-refractivity contribution in [1.29, 1.82) is 0 Å². The number of carbonyl (C=O) groups is 1. The number of fused-ring (bicyclic) bond motifs is 1. The average Bonchev–Trinajstić information content (AvgIpc) is 2.80. The summed E-state index contributed by atoms with van der Waals surface area (Å²) in [5.41, 5.74) is 1.30. The quantitative estimate of drug-likeness (QED) is 0.751. The van der Waals surface area contributed by atoms with E-state index < -0.39 is 0 Å². The third kappa shape index (κ3) is 2.48. The third-order valence-corrected chi connectivity index (χ3v) is 2.67. The molecule has 0 saturated heterocycles. The van der Waals surface area contributed by atoms with Crippen LogP contribution in [0.5, 0.6) is 0 Å². The summed E-state index contributed by atoms with van der Waals surface area (Å²) in [4.78, 5) is 11.8. The van der Waals surface area contributed by atoms with Gasteiger partial charge in [0.25, 0.3) is 5.91 Å². The zero-order chi connectivity index (χ0) is 13.0. The van der Waals surface area contributed by atoms with Gasteiger partial charge in [0.05, 0.1) is 5.56 Å². The molecule has 2 aromatic heterocycles. The van der Waals surface area contributed by atoms with Crippen LogP contribution in [0.2, 0.25) is 0 Å². The van der Waals surface area contributed by atoms with Crippen LogP contribution < -0.4 is 5.32 Å². The van der Waals surface area contributed by atoms with Gasteiger partial charge in [0.1, 0.15) is 5.82 Å². The van der Waals surface area contributed by atoms with E-state index in [0.29, 0.717) is 18.5 Å². The zero-order valence-electron chi connectivity index (χ0n) is 10.3. The summed E-state index contributed by atoms with van der Waals surface area (Å²) in [5, 5.41) is 19.5. The normalized spacial score (nSPS) is 10.8. The smallest absolute Gasteiger partial charge is 0.252 e. The van der Waals surface area contributed by atoms with E-state index in [1.54, 1.807) is 18.3 Å². The molecule has 0 radical (unpaired) electrons. The van der Waals surface area contributed by atoms with Gasteiger partial charge in [-0.2, -0.15) is 0 Å². The van der Waals surface area contributed by atoms with E-state index in [9.17, 15) is 4.79 Å². The fourth-order valence-corrected chi connectivity index (χ4v) is 1.70. The highest BCUT2D eigenvalue weighted by Crippen LogP contribution is 2.07. The van der Waals surface area contributed by atoms with Crippen molar-refractivity contribution >= 4 is 11.6 Å². The van der Waals surface area contributed by atoms with Crippen LogP contribution in [0.1, 0.15) is 29.5 Å². The van der Waals surface area contributed by atoms with Crippen molar-refractivity contribution in [1.82, 2.24) is 19.9 Å². The van der Waals surface area contributed by atoms with Gasteiger partial charge < -0.3 is 10.4 Å². The van der Waals surface area contributed by atoms with Crippen molar-refractivity contribution in [2.45, 2.75) is 19.8 Å². The van der Waals surface area contributed by atoms with Crippen LogP contribution in [0.4, 0.5) is 0 Å². The van der Waals surface area contributed by atoms with Crippen LogP contribution in [0.15, 0.2) is 18.3 Å². The van der Waals surface area contributed by atoms with Crippen molar-refractivity contribution in [3.05, 3.63) is 29.7 Å². The first kappa shape index (κ1) is 12.5. The minimum Gasteiger partial charge on any atom is -0.396 e. The number of aryl methyl sites for hydroxylation is 1. The van der Waals surface area contributed by atoms with Crippen molar-refractivity contribution < 1.29 is 9.90 Å². The molecule has 6 heteroatoms. The highest BCUT2D eigenvalue weighted by molar-refractivity contribution is 5.94. The summed E-state index contributed by atoms with van der Waals surface area (Å²) in [7, 11) is 0. The van der Waals surface area contributed by atoms with E-state index in [0.717, 1.165) is 17.9 Å². The molecule has 0 aromatic carbocycles. The Morgan fingerprint density at radius 2 is 2.28 bits per heavy atom. The van der Waals surface area contributed by atoms with Gasteiger partial charge in [0.2, 0.25) is 0 Å². The second kappa shape index (κ2) is 5.59. The maximum absolute atomic E-state index is 11.8. The topological polar surface area (TPSA) is 79.5 Å². The van der Waals surface area contributed by atoms with Gasteiger partial charge in [0.15, 0.2) is 5.65 Å². The Kier molecular flexibility index (Phi) is 3.88. The Balaban J connectivity index is 2.20. The first-order chi connectivity index (χ1) is 8.76. The lowest BCUT2D eigenvalue weighted by Gasteiger charge is -2.05. The molecule has 2 rings (SSSR count). The summed E-state index contributed by atoms with van der Waals surface area (Å²) in [6.45, 7) is 2.53. The number of nitrogens with zero attached hydrogens (tertiary/aromatic N) is 3. The molecule has 18 heavy (non-hydrogen) atoms. The van der Waals surface area contributed by atoms with Gasteiger partial charge in [-0.3, -0.25) is 9.20 Å². The minimum atomic E-state index is -0.152. The summed E-state index contributed by atoms with van der Waals surface area (Å²) < 4.78 is 1.82. The summed E-state index contributed by atoms with van der Waals surface area (Å²) in [5.74, 6) is 0.677. The van der Waals surface area contributed by atoms with E-state index in [2.05, 4.69) is 15.5 Å². The van der Waals surface area contributed by atoms with Gasteiger partial charge in [-0.15, -0.1) is 10.2 Å². The number of rotatable bonds is 5. The number of amides is 1. The molecule has 0 atom stereocenters. The SMILES string of the molecule is CCc1nnc2ccc(C(=O)NCCCO)cn12. The number of carbonyl (C=O) groups excluding carboxylic acids is 1. The van der Waals surface area contributed by atoms with Gasteiger partial charge in [-0.1, -0.05) is 6.92 Å². The lowest BCUT2D eigenvalue weighted by Crippen LogP contribution is -2.25. The molecular weight excluding hydrogens is 232 g/mol. The number of hydrogen-bond donors (Lipinski definition) is 2. The largest absolute Gasteiger partial charge is 0.396 e. The molecule has 0 spiro atoms. The number of hydrogen-bond acceptors (Lipinski definition) is 4. The number of nitrogens with one attached hydrogen (secondary N) is 1. The number of aliphatic hydroxyl groups is 1. The Hall–Kier alpha value is -1.95. The second-order valence-electron chi connectivity index (χ2n) is 3.95. The van der Waals surface area contributed by atoms with E-state index in [-0.39, 0.29) is 12.5 Å². The van der Waals surface area contributed by atoms with Gasteiger partial charge in [-0.25, -0.2) is 0 Å². The number of aromatic nitrogens is 3. The van der Waals surface area contributed by atoms with Gasteiger partial charge >= 0.3 is 0 Å². The van der Waals surface area contributed by atoms with Crippen molar-refractivity contribution in [2.24, 2.45) is 0 Å². The summed E-state index contributed by atoms with van der Waals surface area (Å²) in [6.07, 6.45) is 3.06. The molecule has 2 N–H and O–H groups in total. The maximum atomic E-state index is 11.8. The molecule has 0 saturated carbocycles. The predicted octanol–water partition coefficient (Wildman–Crippen LogP) is 0.404. The maximum Gasteiger partial charge on any atom is 0.252 e. The molecule has 0 bridgehead atoms. The van der Waals surface area contributed by atoms with Crippen LogP contribution in [0.3, 0.4) is 0 Å². The van der Waals surface area contributed by atoms with Crippen molar-refractivity contribution in [2.75, 3.05) is 13.2 Å². The lowest BCUT2D eigenvalue weighted by atomic mass is 10.2. The molecule has 6 nitrogen and oxygen atoms in total. The Morgan fingerprint density at radius 3 is 3.00 bits per heavy atom.